The Morgan fingerprint density at radius 3 is 1.90 bits per heavy atom. The fourth-order valence-electron chi connectivity index (χ4n) is 2.06. The van der Waals surface area contributed by atoms with Gasteiger partial charge >= 0.3 is 0 Å². The Morgan fingerprint density at radius 2 is 1.32 bits per heavy atom. The molecule has 0 aliphatic heterocycles. The van der Waals surface area contributed by atoms with Crippen molar-refractivity contribution in [2.24, 2.45) is 0 Å². The molecule has 2 aromatic rings. The van der Waals surface area contributed by atoms with Gasteiger partial charge in [0.25, 0.3) is 11.8 Å². The predicted molar refractivity (Wildman–Crippen MR) is 99.8 cm³/mol. The molecular formula is C17H11Cl2F5N4O3. The van der Waals surface area contributed by atoms with Crippen molar-refractivity contribution < 1.29 is 36.3 Å². The molecule has 166 valence electrons. The van der Waals surface area contributed by atoms with Gasteiger partial charge in [0, 0.05) is 5.02 Å². The molecule has 0 atom stereocenters. The number of hydrazine groups is 1. The van der Waals surface area contributed by atoms with E-state index in [1.54, 1.807) is 10.9 Å². The smallest absolute Gasteiger partial charge is 0.257 e. The van der Waals surface area contributed by atoms with Crippen molar-refractivity contribution in [2.75, 3.05) is 18.5 Å². The third-order valence-corrected chi connectivity index (χ3v) is 4.12. The largest absolute Gasteiger partial charge is 0.345 e. The number of amides is 3. The number of hydrogen-bond donors (Lipinski definition) is 4. The van der Waals surface area contributed by atoms with Crippen molar-refractivity contribution in [1.29, 1.82) is 0 Å². The third-order valence-electron chi connectivity index (χ3n) is 3.57. The lowest BCUT2D eigenvalue weighted by atomic mass is 10.2. The average molecular weight is 485 g/mol. The Hall–Kier alpha value is -3.12. The highest BCUT2D eigenvalue weighted by molar-refractivity contribution is 6.36. The lowest BCUT2D eigenvalue weighted by Crippen LogP contribution is -2.43. The van der Waals surface area contributed by atoms with E-state index >= 15 is 0 Å². The summed E-state index contributed by atoms with van der Waals surface area (Å²) in [6, 6.07) is 4.06. The Morgan fingerprint density at radius 1 is 0.774 bits per heavy atom. The first-order valence-corrected chi connectivity index (χ1v) is 8.84. The van der Waals surface area contributed by atoms with Gasteiger partial charge in [-0.05, 0) is 18.2 Å². The van der Waals surface area contributed by atoms with E-state index in [9.17, 15) is 36.3 Å². The van der Waals surface area contributed by atoms with Gasteiger partial charge in [0.1, 0.15) is 5.69 Å². The highest BCUT2D eigenvalue weighted by Crippen LogP contribution is 2.26. The first-order chi connectivity index (χ1) is 14.5. The number of rotatable bonds is 7. The predicted octanol–water partition coefficient (Wildman–Crippen LogP) is 2.68. The number of benzene rings is 2. The normalized spacial score (nSPS) is 10.4. The van der Waals surface area contributed by atoms with E-state index in [4.69, 9.17) is 23.2 Å². The van der Waals surface area contributed by atoms with Crippen LogP contribution in [0.1, 0.15) is 10.4 Å². The molecule has 0 saturated carbocycles. The minimum atomic E-state index is -2.36. The van der Waals surface area contributed by atoms with Gasteiger partial charge in [-0.2, -0.15) is 0 Å². The third kappa shape index (κ3) is 5.95. The molecule has 0 aliphatic rings. The zero-order valence-electron chi connectivity index (χ0n) is 15.0. The first kappa shape index (κ1) is 24.2. The van der Waals surface area contributed by atoms with E-state index < -0.39 is 65.6 Å². The molecule has 0 spiro atoms. The molecule has 14 heteroatoms. The van der Waals surface area contributed by atoms with Crippen LogP contribution in [0.2, 0.25) is 10.0 Å². The summed E-state index contributed by atoms with van der Waals surface area (Å²) >= 11 is 11.6. The Bertz CT molecular complexity index is 1030. The maximum atomic E-state index is 13.5. The number of carbonyl (C=O) groups is 3. The minimum absolute atomic E-state index is 0.0450. The number of hydrogen-bond acceptors (Lipinski definition) is 4. The molecule has 0 aliphatic carbocycles. The maximum Gasteiger partial charge on any atom is 0.257 e. The number of nitrogens with one attached hydrogen (secondary N) is 4. The summed E-state index contributed by atoms with van der Waals surface area (Å²) in [6.45, 7) is -1.31. The van der Waals surface area contributed by atoms with Crippen molar-refractivity contribution in [3.63, 3.8) is 0 Å². The zero-order valence-corrected chi connectivity index (χ0v) is 16.5. The van der Waals surface area contributed by atoms with Crippen LogP contribution in [0.5, 0.6) is 0 Å². The summed E-state index contributed by atoms with van der Waals surface area (Å²) in [7, 11) is 0. The monoisotopic (exact) mass is 484 g/mol. The van der Waals surface area contributed by atoms with E-state index in [-0.39, 0.29) is 10.6 Å². The van der Waals surface area contributed by atoms with Gasteiger partial charge in [0.05, 0.1) is 23.7 Å². The van der Waals surface area contributed by atoms with E-state index in [1.807, 2.05) is 0 Å². The molecule has 0 unspecified atom stereocenters. The fraction of sp³-hybridized carbons (Fsp3) is 0.118. The van der Waals surface area contributed by atoms with Crippen LogP contribution in [-0.4, -0.2) is 30.8 Å². The van der Waals surface area contributed by atoms with Crippen molar-refractivity contribution in [1.82, 2.24) is 16.1 Å². The highest BCUT2D eigenvalue weighted by atomic mass is 35.5. The summed E-state index contributed by atoms with van der Waals surface area (Å²) in [4.78, 5) is 35.2. The SMILES string of the molecule is O=C(CNC(=O)c1ccc(Cl)cc1Cl)NCC(=O)NNc1c(F)c(F)c(F)c(F)c1F. The first-order valence-electron chi connectivity index (χ1n) is 8.09. The summed E-state index contributed by atoms with van der Waals surface area (Å²) in [6.07, 6.45) is 0. The summed E-state index contributed by atoms with van der Waals surface area (Å²) < 4.78 is 66.1. The summed E-state index contributed by atoms with van der Waals surface area (Å²) in [5.74, 6) is -13.8. The number of halogens is 7. The summed E-state index contributed by atoms with van der Waals surface area (Å²) in [5.41, 5.74) is 1.77. The van der Waals surface area contributed by atoms with Crippen LogP contribution in [0.3, 0.4) is 0 Å². The molecule has 0 saturated heterocycles. The van der Waals surface area contributed by atoms with Gasteiger partial charge in [-0.3, -0.25) is 25.2 Å². The Labute approximate surface area is 180 Å². The molecule has 0 fully saturated rings. The topological polar surface area (TPSA) is 99.3 Å². The molecule has 4 N–H and O–H groups in total. The van der Waals surface area contributed by atoms with Gasteiger partial charge in [-0.25, -0.2) is 22.0 Å². The molecule has 0 radical (unpaired) electrons. The minimum Gasteiger partial charge on any atom is -0.345 e. The van der Waals surface area contributed by atoms with Gasteiger partial charge in [-0.1, -0.05) is 23.2 Å². The molecule has 0 bridgehead atoms. The van der Waals surface area contributed by atoms with Crippen LogP contribution in [0.25, 0.3) is 0 Å². The average Bonchev–Trinajstić information content (AvgIpc) is 2.73. The van der Waals surface area contributed by atoms with E-state index in [0.717, 1.165) is 0 Å². The van der Waals surface area contributed by atoms with Gasteiger partial charge in [0.2, 0.25) is 11.7 Å². The standard InChI is InChI=1S/C17H11Cl2F5N4O3/c18-6-1-2-7(8(19)3-6)17(31)26-4-9(29)25-5-10(30)27-28-16-14(23)12(21)11(20)13(22)15(16)24/h1-3,28H,4-5H2,(H,25,29)(H,26,31)(H,27,30). The van der Waals surface area contributed by atoms with Crippen molar-refractivity contribution in [2.45, 2.75) is 0 Å². The second kappa shape index (κ2) is 10.3. The molecule has 7 nitrogen and oxygen atoms in total. The highest BCUT2D eigenvalue weighted by Gasteiger charge is 2.26. The molecule has 2 aromatic carbocycles. The van der Waals surface area contributed by atoms with Crippen molar-refractivity contribution in [3.05, 3.63) is 62.9 Å². The molecule has 3 amide bonds. The zero-order chi connectivity index (χ0) is 23.3. The lowest BCUT2D eigenvalue weighted by Gasteiger charge is -2.12. The van der Waals surface area contributed by atoms with Crippen molar-refractivity contribution in [3.8, 4) is 0 Å². The molecule has 0 heterocycles. The Kier molecular flexibility index (Phi) is 8.00. The van der Waals surface area contributed by atoms with Crippen LogP contribution < -0.4 is 21.5 Å². The number of anilines is 1. The maximum absolute atomic E-state index is 13.5. The van der Waals surface area contributed by atoms with Crippen LogP contribution in [0, 0.1) is 29.1 Å². The van der Waals surface area contributed by atoms with Gasteiger partial charge < -0.3 is 10.6 Å². The summed E-state index contributed by atoms with van der Waals surface area (Å²) in [5, 5.41) is 4.63. The van der Waals surface area contributed by atoms with E-state index in [0.29, 0.717) is 5.02 Å². The van der Waals surface area contributed by atoms with Crippen LogP contribution in [0.4, 0.5) is 27.6 Å². The fourth-order valence-corrected chi connectivity index (χ4v) is 2.56. The van der Waals surface area contributed by atoms with Crippen LogP contribution >= 0.6 is 23.2 Å². The molecule has 2 rings (SSSR count). The number of carbonyl (C=O) groups excluding carboxylic acids is 3. The van der Waals surface area contributed by atoms with E-state index in [1.165, 1.54) is 18.2 Å². The lowest BCUT2D eigenvalue weighted by molar-refractivity contribution is -0.125. The molecular weight excluding hydrogens is 474 g/mol. The molecule has 0 aromatic heterocycles. The Balaban J connectivity index is 1.83. The second-order valence-corrected chi connectivity index (χ2v) is 6.55. The van der Waals surface area contributed by atoms with Crippen molar-refractivity contribution >= 4 is 46.6 Å². The quantitative estimate of drug-likeness (QED) is 0.210. The van der Waals surface area contributed by atoms with E-state index in [2.05, 4.69) is 10.6 Å². The van der Waals surface area contributed by atoms with Crippen LogP contribution in [0.15, 0.2) is 18.2 Å². The van der Waals surface area contributed by atoms with Gasteiger partial charge in [0.15, 0.2) is 23.3 Å². The van der Waals surface area contributed by atoms with Gasteiger partial charge in [-0.15, -0.1) is 0 Å². The second-order valence-electron chi connectivity index (χ2n) is 5.70. The molecule has 31 heavy (non-hydrogen) atoms. The van der Waals surface area contributed by atoms with Crippen LogP contribution in [-0.2, 0) is 9.59 Å².